The molecule has 1 aromatic rings. The summed E-state index contributed by atoms with van der Waals surface area (Å²) in [5.74, 6) is -0.945. The highest BCUT2D eigenvalue weighted by Crippen LogP contribution is 2.13. The molecular weight excluding hydrogens is 268 g/mol. The van der Waals surface area contributed by atoms with Crippen LogP contribution in [0.2, 0.25) is 0 Å². The minimum atomic E-state index is -1.00. The van der Waals surface area contributed by atoms with E-state index in [1.165, 1.54) is 0 Å². The van der Waals surface area contributed by atoms with E-state index in [1.807, 2.05) is 51.1 Å². The van der Waals surface area contributed by atoms with Crippen molar-refractivity contribution in [2.24, 2.45) is 5.92 Å². The van der Waals surface area contributed by atoms with E-state index in [0.717, 1.165) is 5.56 Å². The van der Waals surface area contributed by atoms with Gasteiger partial charge in [-0.15, -0.1) is 0 Å². The summed E-state index contributed by atoms with van der Waals surface area (Å²) in [6.45, 7) is 6.19. The molecule has 1 aromatic carbocycles. The first kappa shape index (κ1) is 17.0. The molecule has 1 rings (SSSR count). The Balaban J connectivity index is 2.48. The number of amides is 2. The summed E-state index contributed by atoms with van der Waals surface area (Å²) in [7, 11) is 0. The predicted octanol–water partition coefficient (Wildman–Crippen LogP) is 2.59. The van der Waals surface area contributed by atoms with Crippen LogP contribution in [0, 0.1) is 5.92 Å². The minimum absolute atomic E-state index is 0.111. The Kier molecular flexibility index (Phi) is 6.72. The zero-order valence-electron chi connectivity index (χ0n) is 12.8. The average Bonchev–Trinajstić information content (AvgIpc) is 2.50. The van der Waals surface area contributed by atoms with Gasteiger partial charge in [-0.25, -0.2) is 9.59 Å². The second kappa shape index (κ2) is 8.29. The first-order valence-electron chi connectivity index (χ1n) is 7.27. The molecule has 0 heterocycles. The molecule has 0 aliphatic heterocycles. The second-order valence-electron chi connectivity index (χ2n) is 5.37. The second-order valence-corrected chi connectivity index (χ2v) is 5.37. The molecule has 21 heavy (non-hydrogen) atoms. The predicted molar refractivity (Wildman–Crippen MR) is 82.3 cm³/mol. The number of hydrogen-bond donors (Lipinski definition) is 3. The monoisotopic (exact) mass is 292 g/mol. The molecule has 0 fully saturated rings. The van der Waals surface area contributed by atoms with Crippen LogP contribution in [0.3, 0.4) is 0 Å². The van der Waals surface area contributed by atoms with E-state index in [2.05, 4.69) is 10.6 Å². The van der Waals surface area contributed by atoms with Crippen molar-refractivity contribution in [2.75, 3.05) is 6.54 Å². The molecule has 3 atom stereocenters. The summed E-state index contributed by atoms with van der Waals surface area (Å²) < 4.78 is 0. The molecule has 3 N–H and O–H groups in total. The molecule has 0 bridgehead atoms. The number of rotatable bonds is 7. The van der Waals surface area contributed by atoms with Crippen molar-refractivity contribution in [1.29, 1.82) is 0 Å². The number of benzene rings is 1. The quantitative estimate of drug-likeness (QED) is 0.722. The number of carboxylic acid groups (broad SMARTS) is 1. The molecule has 0 aromatic heterocycles. The Bertz CT molecular complexity index is 462. The lowest BCUT2D eigenvalue weighted by Gasteiger charge is -2.21. The van der Waals surface area contributed by atoms with Crippen molar-refractivity contribution < 1.29 is 14.7 Å². The van der Waals surface area contributed by atoms with Crippen LogP contribution in [0.25, 0.3) is 0 Å². The van der Waals surface area contributed by atoms with Crippen LogP contribution < -0.4 is 10.6 Å². The molecule has 116 valence electrons. The van der Waals surface area contributed by atoms with Crippen LogP contribution in [0.1, 0.15) is 38.7 Å². The maximum Gasteiger partial charge on any atom is 0.326 e. The number of hydrogen-bond acceptors (Lipinski definition) is 2. The van der Waals surface area contributed by atoms with E-state index >= 15 is 0 Å². The van der Waals surface area contributed by atoms with Crippen LogP contribution in [0.4, 0.5) is 4.79 Å². The molecule has 5 heteroatoms. The third-order valence-electron chi connectivity index (χ3n) is 3.70. The third-order valence-corrected chi connectivity index (χ3v) is 3.70. The van der Waals surface area contributed by atoms with Crippen molar-refractivity contribution in [2.45, 2.75) is 39.2 Å². The van der Waals surface area contributed by atoms with Crippen molar-refractivity contribution >= 4 is 12.0 Å². The van der Waals surface area contributed by atoms with E-state index in [4.69, 9.17) is 5.11 Å². The van der Waals surface area contributed by atoms with E-state index in [-0.39, 0.29) is 11.8 Å². The Morgan fingerprint density at radius 2 is 1.81 bits per heavy atom. The molecule has 3 unspecified atom stereocenters. The van der Waals surface area contributed by atoms with Gasteiger partial charge in [0.2, 0.25) is 0 Å². The van der Waals surface area contributed by atoms with Crippen LogP contribution in [-0.2, 0) is 4.79 Å². The summed E-state index contributed by atoms with van der Waals surface area (Å²) in [5.41, 5.74) is 1.13. The molecular formula is C16H24N2O3. The molecule has 0 saturated heterocycles. The molecule has 0 spiro atoms. The fraction of sp³-hybridized carbons (Fsp3) is 0.500. The standard InChI is InChI=1S/C16H24N2O3/c1-4-11(2)14(15(19)20)18-16(21)17-10-12(3)13-8-6-5-7-9-13/h5-9,11-12,14H,4,10H2,1-3H3,(H,19,20)(H2,17,18,21). The summed E-state index contributed by atoms with van der Waals surface area (Å²) in [4.78, 5) is 23.0. The zero-order chi connectivity index (χ0) is 15.8. The average molecular weight is 292 g/mol. The van der Waals surface area contributed by atoms with Gasteiger partial charge in [0.1, 0.15) is 6.04 Å². The summed E-state index contributed by atoms with van der Waals surface area (Å²) in [5, 5.41) is 14.4. The molecule has 5 nitrogen and oxygen atoms in total. The Hall–Kier alpha value is -2.04. The lowest BCUT2D eigenvalue weighted by molar-refractivity contribution is -0.140. The number of urea groups is 1. The van der Waals surface area contributed by atoms with Crippen LogP contribution in [0.5, 0.6) is 0 Å². The fourth-order valence-corrected chi connectivity index (χ4v) is 2.02. The van der Waals surface area contributed by atoms with Crippen LogP contribution in [-0.4, -0.2) is 29.7 Å². The number of carbonyl (C=O) groups is 2. The highest BCUT2D eigenvalue weighted by Gasteiger charge is 2.25. The lowest BCUT2D eigenvalue weighted by atomic mass is 9.99. The van der Waals surface area contributed by atoms with Gasteiger partial charge in [0.05, 0.1) is 0 Å². The summed E-state index contributed by atoms with van der Waals surface area (Å²) in [6.07, 6.45) is 0.692. The van der Waals surface area contributed by atoms with Gasteiger partial charge in [-0.3, -0.25) is 0 Å². The molecule has 2 amide bonds. The lowest BCUT2D eigenvalue weighted by Crippen LogP contribution is -2.49. The molecule has 0 saturated carbocycles. The Labute approximate surface area is 125 Å². The topological polar surface area (TPSA) is 78.4 Å². The highest BCUT2D eigenvalue weighted by atomic mass is 16.4. The maximum absolute atomic E-state index is 11.8. The number of carbonyl (C=O) groups excluding carboxylic acids is 1. The van der Waals surface area contributed by atoms with Crippen molar-refractivity contribution in [3.8, 4) is 0 Å². The molecule has 0 aliphatic carbocycles. The van der Waals surface area contributed by atoms with Crippen molar-refractivity contribution in [1.82, 2.24) is 10.6 Å². The van der Waals surface area contributed by atoms with Gasteiger partial charge in [0.25, 0.3) is 0 Å². The van der Waals surface area contributed by atoms with E-state index < -0.39 is 18.0 Å². The van der Waals surface area contributed by atoms with Gasteiger partial charge in [-0.05, 0) is 17.4 Å². The van der Waals surface area contributed by atoms with Crippen molar-refractivity contribution in [3.63, 3.8) is 0 Å². The van der Waals surface area contributed by atoms with Gasteiger partial charge in [0.15, 0.2) is 0 Å². The summed E-state index contributed by atoms with van der Waals surface area (Å²) >= 11 is 0. The molecule has 0 aliphatic rings. The zero-order valence-corrected chi connectivity index (χ0v) is 12.8. The van der Waals surface area contributed by atoms with Gasteiger partial charge in [0, 0.05) is 6.54 Å². The van der Waals surface area contributed by atoms with E-state index in [9.17, 15) is 9.59 Å². The Morgan fingerprint density at radius 3 is 2.33 bits per heavy atom. The number of aliphatic carboxylic acids is 1. The minimum Gasteiger partial charge on any atom is -0.480 e. The van der Waals surface area contributed by atoms with Crippen LogP contribution >= 0.6 is 0 Å². The van der Waals surface area contributed by atoms with Gasteiger partial charge >= 0.3 is 12.0 Å². The first-order chi connectivity index (χ1) is 9.95. The van der Waals surface area contributed by atoms with Crippen LogP contribution in [0.15, 0.2) is 30.3 Å². The third kappa shape index (κ3) is 5.45. The first-order valence-corrected chi connectivity index (χ1v) is 7.27. The van der Waals surface area contributed by atoms with Gasteiger partial charge in [-0.1, -0.05) is 57.5 Å². The summed E-state index contributed by atoms with van der Waals surface area (Å²) in [6, 6.07) is 8.56. The van der Waals surface area contributed by atoms with E-state index in [0.29, 0.717) is 13.0 Å². The fourth-order valence-electron chi connectivity index (χ4n) is 2.02. The maximum atomic E-state index is 11.8. The van der Waals surface area contributed by atoms with Gasteiger partial charge < -0.3 is 15.7 Å². The van der Waals surface area contributed by atoms with E-state index in [1.54, 1.807) is 0 Å². The number of nitrogens with one attached hydrogen (secondary N) is 2. The smallest absolute Gasteiger partial charge is 0.326 e. The van der Waals surface area contributed by atoms with Crippen molar-refractivity contribution in [3.05, 3.63) is 35.9 Å². The highest BCUT2D eigenvalue weighted by molar-refractivity contribution is 5.82. The number of carboxylic acids is 1. The normalized spacial score (nSPS) is 14.8. The SMILES string of the molecule is CCC(C)C(NC(=O)NCC(C)c1ccccc1)C(=O)O. The van der Waals surface area contributed by atoms with Gasteiger partial charge in [-0.2, -0.15) is 0 Å². The molecule has 0 radical (unpaired) electrons. The largest absolute Gasteiger partial charge is 0.480 e. The Morgan fingerprint density at radius 1 is 1.19 bits per heavy atom.